The summed E-state index contributed by atoms with van der Waals surface area (Å²) >= 11 is 1.39. The standard InChI is InChI=1S/C23H22F2N6O4S/c1-22(16-7-23(16,11-33-2)36-21(26)31-22)13-5-12(6-14(24)19(13)25)30-20(32)15-8-29-17(9-28-15)35-10-18-27-3-4-34-18/h3-6,8-9,16H,7,10-11H2,1-2H3,(H2,26,31)(H,30,32)/t16-,22+,23+/m0/s1. The fourth-order valence-corrected chi connectivity index (χ4v) is 5.97. The number of carbonyl (C=O) groups excluding carboxylic acids is 1. The van der Waals surface area contributed by atoms with E-state index in [0.29, 0.717) is 18.9 Å². The molecule has 3 heterocycles. The van der Waals surface area contributed by atoms with E-state index in [1.807, 2.05) is 0 Å². The van der Waals surface area contributed by atoms with Crippen molar-refractivity contribution in [2.45, 2.75) is 30.2 Å². The number of anilines is 1. The van der Waals surface area contributed by atoms with Gasteiger partial charge in [0, 0.05) is 30.3 Å². The van der Waals surface area contributed by atoms with E-state index in [1.165, 1.54) is 42.7 Å². The first-order valence-electron chi connectivity index (χ1n) is 10.9. The highest BCUT2D eigenvalue weighted by atomic mass is 32.2. The summed E-state index contributed by atoms with van der Waals surface area (Å²) in [5.74, 6) is -2.42. The van der Waals surface area contributed by atoms with Crippen LogP contribution in [-0.2, 0) is 16.9 Å². The van der Waals surface area contributed by atoms with E-state index in [9.17, 15) is 9.18 Å². The van der Waals surface area contributed by atoms with Crippen molar-refractivity contribution in [1.29, 1.82) is 0 Å². The van der Waals surface area contributed by atoms with Crippen molar-refractivity contribution in [2.75, 3.05) is 19.0 Å². The van der Waals surface area contributed by atoms with E-state index >= 15 is 4.39 Å². The summed E-state index contributed by atoms with van der Waals surface area (Å²) in [6.45, 7) is 2.17. The molecule has 188 valence electrons. The third-order valence-electron chi connectivity index (χ3n) is 6.26. The highest BCUT2D eigenvalue weighted by Crippen LogP contribution is 2.66. The van der Waals surface area contributed by atoms with Gasteiger partial charge in [-0.2, -0.15) is 0 Å². The molecule has 0 bridgehead atoms. The fourth-order valence-electron chi connectivity index (χ4n) is 4.52. The van der Waals surface area contributed by atoms with Gasteiger partial charge in [0.2, 0.25) is 11.8 Å². The lowest BCUT2D eigenvalue weighted by Crippen LogP contribution is -2.38. The summed E-state index contributed by atoms with van der Waals surface area (Å²) in [4.78, 5) is 29.2. The van der Waals surface area contributed by atoms with Crippen molar-refractivity contribution in [1.82, 2.24) is 15.0 Å². The number of halogens is 2. The molecule has 0 unspecified atom stereocenters. The number of nitrogens with zero attached hydrogens (tertiary/aromatic N) is 4. The molecule has 5 rings (SSSR count). The molecule has 10 nitrogen and oxygen atoms in total. The van der Waals surface area contributed by atoms with E-state index < -0.39 is 23.1 Å². The maximum atomic E-state index is 15.0. The predicted octanol–water partition coefficient (Wildman–Crippen LogP) is 3.26. The van der Waals surface area contributed by atoms with Crippen LogP contribution in [0.15, 0.2) is 46.4 Å². The van der Waals surface area contributed by atoms with Gasteiger partial charge < -0.3 is 24.9 Å². The van der Waals surface area contributed by atoms with Crippen LogP contribution < -0.4 is 15.8 Å². The van der Waals surface area contributed by atoms with E-state index in [0.717, 1.165) is 6.07 Å². The number of nitrogens with two attached hydrogens (primary N) is 1. The topological polar surface area (TPSA) is 138 Å². The highest BCUT2D eigenvalue weighted by Gasteiger charge is 2.66. The number of thioether (sulfide) groups is 1. The number of rotatable bonds is 8. The average Bonchev–Trinajstić information content (AvgIpc) is 3.32. The van der Waals surface area contributed by atoms with Gasteiger partial charge in [-0.05, 0) is 19.4 Å². The SMILES string of the molecule is COC[C@]12C[C@H]1[C@@](C)(c1cc(NC(=O)c3cnc(OCc4ncco4)cn3)cc(F)c1F)N=C(N)S2. The molecule has 2 aromatic heterocycles. The van der Waals surface area contributed by atoms with Crippen molar-refractivity contribution >= 4 is 28.5 Å². The number of amides is 1. The Morgan fingerprint density at radius 2 is 2.14 bits per heavy atom. The van der Waals surface area contributed by atoms with Crippen LogP contribution in [0.25, 0.3) is 0 Å². The maximum absolute atomic E-state index is 15.0. The Morgan fingerprint density at radius 3 is 2.83 bits per heavy atom. The summed E-state index contributed by atoms with van der Waals surface area (Å²) in [5.41, 5.74) is 4.94. The number of nitrogens with one attached hydrogen (secondary N) is 1. The first kappa shape index (κ1) is 24.1. The van der Waals surface area contributed by atoms with Crippen LogP contribution in [0.1, 0.15) is 35.3 Å². The van der Waals surface area contributed by atoms with Gasteiger partial charge in [-0.1, -0.05) is 11.8 Å². The van der Waals surface area contributed by atoms with E-state index in [1.54, 1.807) is 14.0 Å². The minimum atomic E-state index is -1.12. The Kier molecular flexibility index (Phi) is 6.12. The number of hydrogen-bond acceptors (Lipinski definition) is 10. The molecule has 0 spiro atoms. The number of fused-ring (bicyclic) bond motifs is 1. The zero-order valence-corrected chi connectivity index (χ0v) is 20.1. The molecule has 13 heteroatoms. The van der Waals surface area contributed by atoms with Crippen molar-refractivity contribution < 1.29 is 27.5 Å². The molecule has 0 radical (unpaired) electrons. The third-order valence-corrected chi connectivity index (χ3v) is 7.54. The molecule has 0 saturated heterocycles. The van der Waals surface area contributed by atoms with E-state index in [-0.39, 0.29) is 45.3 Å². The first-order chi connectivity index (χ1) is 17.2. The predicted molar refractivity (Wildman–Crippen MR) is 126 cm³/mol. The van der Waals surface area contributed by atoms with Crippen LogP contribution in [0, 0.1) is 17.6 Å². The second-order valence-corrected chi connectivity index (χ2v) is 10.1. The Labute approximate surface area is 208 Å². The number of aromatic nitrogens is 3. The normalized spacial score (nSPS) is 24.6. The highest BCUT2D eigenvalue weighted by molar-refractivity contribution is 8.15. The van der Waals surface area contributed by atoms with Gasteiger partial charge >= 0.3 is 0 Å². The van der Waals surface area contributed by atoms with Crippen LogP contribution in [0.3, 0.4) is 0 Å². The Bertz CT molecular complexity index is 1320. The van der Waals surface area contributed by atoms with Crippen LogP contribution >= 0.6 is 11.8 Å². The van der Waals surface area contributed by atoms with Crippen molar-refractivity contribution in [3.8, 4) is 5.88 Å². The van der Waals surface area contributed by atoms with Gasteiger partial charge in [0.15, 0.2) is 23.4 Å². The first-order valence-corrected chi connectivity index (χ1v) is 11.7. The van der Waals surface area contributed by atoms with E-state index in [2.05, 4.69) is 25.3 Å². The van der Waals surface area contributed by atoms with Gasteiger partial charge in [-0.15, -0.1) is 0 Å². The van der Waals surface area contributed by atoms with Crippen molar-refractivity contribution in [2.24, 2.45) is 16.6 Å². The number of aliphatic imine (C=N–C) groups is 1. The van der Waals surface area contributed by atoms with Crippen LogP contribution in [0.4, 0.5) is 14.5 Å². The molecule has 3 atom stereocenters. The molecule has 1 saturated carbocycles. The van der Waals surface area contributed by atoms with Crippen LogP contribution in [-0.4, -0.2) is 44.5 Å². The molecular weight excluding hydrogens is 494 g/mol. The summed E-state index contributed by atoms with van der Waals surface area (Å²) in [6.07, 6.45) is 6.04. The van der Waals surface area contributed by atoms with Gasteiger partial charge in [-0.25, -0.2) is 23.7 Å². The number of methoxy groups -OCH3 is 1. The second-order valence-electron chi connectivity index (χ2n) is 8.68. The summed E-state index contributed by atoms with van der Waals surface area (Å²) < 4.78 is 45.1. The molecule has 1 aliphatic carbocycles. The molecule has 1 aliphatic heterocycles. The second kappa shape index (κ2) is 9.13. The number of hydrogen-bond donors (Lipinski definition) is 2. The Hall–Kier alpha value is -3.58. The summed E-state index contributed by atoms with van der Waals surface area (Å²) in [7, 11) is 1.58. The molecule has 1 aromatic carbocycles. The number of carbonyl (C=O) groups is 1. The quantitative estimate of drug-likeness (QED) is 0.462. The molecular formula is C23H22F2N6O4S. The minimum absolute atomic E-state index is 0.00500. The van der Waals surface area contributed by atoms with Gasteiger partial charge in [-0.3, -0.25) is 9.79 Å². The lowest BCUT2D eigenvalue weighted by atomic mass is 9.85. The smallest absolute Gasteiger partial charge is 0.275 e. The zero-order chi connectivity index (χ0) is 25.5. The van der Waals surface area contributed by atoms with Crippen LogP contribution in [0.2, 0.25) is 0 Å². The number of ether oxygens (including phenoxy) is 2. The van der Waals surface area contributed by atoms with Crippen LogP contribution in [0.5, 0.6) is 5.88 Å². The Morgan fingerprint density at radius 1 is 1.31 bits per heavy atom. The zero-order valence-electron chi connectivity index (χ0n) is 19.3. The van der Waals surface area contributed by atoms with Gasteiger partial charge in [0.1, 0.15) is 12.0 Å². The minimum Gasteiger partial charge on any atom is -0.467 e. The molecule has 3 N–H and O–H groups in total. The Balaban J connectivity index is 1.35. The maximum Gasteiger partial charge on any atom is 0.275 e. The number of oxazole rings is 1. The van der Waals surface area contributed by atoms with Gasteiger partial charge in [0.05, 0.1) is 35.5 Å². The number of amidine groups is 1. The third kappa shape index (κ3) is 4.39. The average molecular weight is 517 g/mol. The van der Waals surface area contributed by atoms with Crippen molar-refractivity contribution in [3.63, 3.8) is 0 Å². The molecule has 1 amide bonds. The molecule has 3 aromatic rings. The monoisotopic (exact) mass is 516 g/mol. The lowest BCUT2D eigenvalue weighted by molar-refractivity contribution is 0.102. The lowest BCUT2D eigenvalue weighted by Gasteiger charge is -2.34. The molecule has 1 fully saturated rings. The summed E-state index contributed by atoms with van der Waals surface area (Å²) in [5, 5.41) is 2.82. The largest absolute Gasteiger partial charge is 0.467 e. The molecule has 2 aliphatic rings. The summed E-state index contributed by atoms with van der Waals surface area (Å²) in [6, 6.07) is 2.28. The van der Waals surface area contributed by atoms with Crippen molar-refractivity contribution in [3.05, 3.63) is 65.8 Å². The number of benzene rings is 1. The molecule has 36 heavy (non-hydrogen) atoms. The van der Waals surface area contributed by atoms with E-state index in [4.69, 9.17) is 19.6 Å². The fraction of sp³-hybridized carbons (Fsp3) is 0.348. The van der Waals surface area contributed by atoms with Gasteiger partial charge in [0.25, 0.3) is 5.91 Å².